The van der Waals surface area contributed by atoms with E-state index in [1.165, 1.54) is 0 Å². The molecule has 1 rings (SSSR count). The van der Waals surface area contributed by atoms with Crippen molar-refractivity contribution < 1.29 is 0 Å². The van der Waals surface area contributed by atoms with Gasteiger partial charge in [-0.3, -0.25) is 0 Å². The molecule has 0 aliphatic heterocycles. The molecule has 0 aliphatic carbocycles. The Labute approximate surface area is 64.6 Å². The highest BCUT2D eigenvalue weighted by atomic mass is 32.2. The Morgan fingerprint density at radius 1 is 1.60 bits per heavy atom. The minimum absolute atomic E-state index is 0.749. The SMILES string of the molecule is NCCSCn1ccnc1. The van der Waals surface area contributed by atoms with E-state index in [2.05, 4.69) is 4.98 Å². The number of thioether (sulfide) groups is 1. The fourth-order valence-corrected chi connectivity index (χ4v) is 1.28. The smallest absolute Gasteiger partial charge is 0.0953 e. The summed E-state index contributed by atoms with van der Waals surface area (Å²) in [4.78, 5) is 3.92. The maximum absolute atomic E-state index is 5.32. The van der Waals surface area contributed by atoms with Crippen LogP contribution in [0.4, 0.5) is 0 Å². The molecule has 0 saturated carbocycles. The predicted octanol–water partition coefficient (Wildman–Crippen LogP) is 0.532. The van der Waals surface area contributed by atoms with Crippen LogP contribution in [-0.2, 0) is 5.88 Å². The van der Waals surface area contributed by atoms with Gasteiger partial charge in [0.1, 0.15) is 0 Å². The topological polar surface area (TPSA) is 43.8 Å². The van der Waals surface area contributed by atoms with Crippen molar-refractivity contribution in [2.75, 3.05) is 12.3 Å². The molecule has 0 saturated heterocycles. The second kappa shape index (κ2) is 4.35. The molecule has 1 aromatic heterocycles. The van der Waals surface area contributed by atoms with Crippen molar-refractivity contribution in [1.82, 2.24) is 9.55 Å². The minimum Gasteiger partial charge on any atom is -0.330 e. The van der Waals surface area contributed by atoms with E-state index < -0.39 is 0 Å². The van der Waals surface area contributed by atoms with Crippen molar-refractivity contribution >= 4 is 11.8 Å². The highest BCUT2D eigenvalue weighted by Gasteiger charge is 1.87. The monoisotopic (exact) mass is 157 g/mol. The quantitative estimate of drug-likeness (QED) is 0.648. The highest BCUT2D eigenvalue weighted by Crippen LogP contribution is 2.01. The summed E-state index contributed by atoms with van der Waals surface area (Å²) < 4.78 is 2.03. The molecule has 1 heterocycles. The Bertz CT molecular complexity index is 162. The van der Waals surface area contributed by atoms with E-state index in [0.717, 1.165) is 18.2 Å². The average Bonchev–Trinajstić information content (AvgIpc) is 2.41. The Kier molecular flexibility index (Phi) is 3.32. The molecule has 0 aliphatic rings. The highest BCUT2D eigenvalue weighted by molar-refractivity contribution is 7.98. The lowest BCUT2D eigenvalue weighted by Gasteiger charge is -1.98. The van der Waals surface area contributed by atoms with Gasteiger partial charge in [0.05, 0.1) is 12.2 Å². The average molecular weight is 157 g/mol. The van der Waals surface area contributed by atoms with Crippen LogP contribution in [0.1, 0.15) is 0 Å². The van der Waals surface area contributed by atoms with E-state index in [0.29, 0.717) is 0 Å². The molecule has 4 heteroatoms. The molecule has 0 bridgehead atoms. The van der Waals surface area contributed by atoms with E-state index in [9.17, 15) is 0 Å². The van der Waals surface area contributed by atoms with Gasteiger partial charge in [-0.2, -0.15) is 0 Å². The molecular weight excluding hydrogens is 146 g/mol. The minimum atomic E-state index is 0.749. The summed E-state index contributed by atoms with van der Waals surface area (Å²) in [6.07, 6.45) is 5.54. The zero-order valence-corrected chi connectivity index (χ0v) is 6.55. The number of nitrogens with zero attached hydrogens (tertiary/aromatic N) is 2. The van der Waals surface area contributed by atoms with E-state index in [4.69, 9.17) is 5.73 Å². The maximum atomic E-state index is 5.32. The standard InChI is InChI=1S/C6H11N3S/c7-1-4-10-6-9-3-2-8-5-9/h2-3,5H,1,4,6-7H2. The van der Waals surface area contributed by atoms with Gasteiger partial charge in [0.25, 0.3) is 0 Å². The molecule has 56 valence electrons. The molecule has 2 N–H and O–H groups in total. The van der Waals surface area contributed by atoms with Crippen LogP contribution in [-0.4, -0.2) is 21.8 Å². The molecule has 10 heavy (non-hydrogen) atoms. The summed E-state index contributed by atoms with van der Waals surface area (Å²) in [5.74, 6) is 1.97. The molecule has 1 aromatic rings. The Hall–Kier alpha value is -0.480. The van der Waals surface area contributed by atoms with Crippen molar-refractivity contribution in [1.29, 1.82) is 0 Å². The van der Waals surface area contributed by atoms with Crippen molar-refractivity contribution in [2.24, 2.45) is 5.73 Å². The number of hydrogen-bond acceptors (Lipinski definition) is 3. The van der Waals surface area contributed by atoms with Crippen LogP contribution in [0.3, 0.4) is 0 Å². The van der Waals surface area contributed by atoms with Gasteiger partial charge in [-0.15, -0.1) is 11.8 Å². The lowest BCUT2D eigenvalue weighted by Crippen LogP contribution is -2.02. The number of nitrogens with two attached hydrogens (primary N) is 1. The van der Waals surface area contributed by atoms with Gasteiger partial charge < -0.3 is 10.3 Å². The summed E-state index contributed by atoms with van der Waals surface area (Å²) in [6.45, 7) is 0.749. The van der Waals surface area contributed by atoms with Crippen molar-refractivity contribution in [3.05, 3.63) is 18.7 Å². The molecule has 0 amide bonds. The lowest BCUT2D eigenvalue weighted by molar-refractivity contribution is 0.888. The van der Waals surface area contributed by atoms with Crippen LogP contribution in [0.2, 0.25) is 0 Å². The van der Waals surface area contributed by atoms with E-state index in [1.54, 1.807) is 6.20 Å². The van der Waals surface area contributed by atoms with Gasteiger partial charge in [-0.1, -0.05) is 0 Å². The van der Waals surface area contributed by atoms with Gasteiger partial charge in [0.15, 0.2) is 0 Å². The van der Waals surface area contributed by atoms with Crippen LogP contribution in [0.5, 0.6) is 0 Å². The van der Waals surface area contributed by atoms with Gasteiger partial charge >= 0.3 is 0 Å². The molecule has 0 unspecified atom stereocenters. The number of rotatable bonds is 4. The lowest BCUT2D eigenvalue weighted by atomic mass is 10.8. The molecule has 3 nitrogen and oxygen atoms in total. The van der Waals surface area contributed by atoms with E-state index >= 15 is 0 Å². The first-order valence-corrected chi connectivity index (χ1v) is 4.32. The van der Waals surface area contributed by atoms with E-state index in [1.807, 2.05) is 28.9 Å². The summed E-state index contributed by atoms with van der Waals surface area (Å²) in [6, 6.07) is 0. The molecule has 0 atom stereocenters. The summed E-state index contributed by atoms with van der Waals surface area (Å²) in [7, 11) is 0. The fourth-order valence-electron chi connectivity index (χ4n) is 0.616. The molecule has 0 spiro atoms. The van der Waals surface area contributed by atoms with Crippen LogP contribution < -0.4 is 5.73 Å². The fraction of sp³-hybridized carbons (Fsp3) is 0.500. The van der Waals surface area contributed by atoms with E-state index in [-0.39, 0.29) is 0 Å². The van der Waals surface area contributed by atoms with Crippen molar-refractivity contribution in [3.8, 4) is 0 Å². The third-order valence-corrected chi connectivity index (χ3v) is 2.07. The van der Waals surface area contributed by atoms with Gasteiger partial charge in [0, 0.05) is 24.7 Å². The zero-order valence-electron chi connectivity index (χ0n) is 5.73. The largest absolute Gasteiger partial charge is 0.330 e. The molecule has 0 radical (unpaired) electrons. The molecule has 0 fully saturated rings. The van der Waals surface area contributed by atoms with Gasteiger partial charge in [-0.25, -0.2) is 4.98 Å². The molecular formula is C6H11N3S. The van der Waals surface area contributed by atoms with Crippen LogP contribution in [0.25, 0.3) is 0 Å². The Morgan fingerprint density at radius 2 is 2.50 bits per heavy atom. The van der Waals surface area contributed by atoms with Crippen molar-refractivity contribution in [2.45, 2.75) is 5.88 Å². The van der Waals surface area contributed by atoms with Gasteiger partial charge in [-0.05, 0) is 0 Å². The maximum Gasteiger partial charge on any atom is 0.0953 e. The Morgan fingerprint density at radius 3 is 3.10 bits per heavy atom. The summed E-state index contributed by atoms with van der Waals surface area (Å²) in [5.41, 5.74) is 5.32. The molecule has 0 aromatic carbocycles. The Balaban J connectivity index is 2.15. The number of hydrogen-bond donors (Lipinski definition) is 1. The normalized spacial score (nSPS) is 10.1. The third-order valence-electron chi connectivity index (χ3n) is 1.06. The predicted molar refractivity (Wildman–Crippen MR) is 43.7 cm³/mol. The summed E-state index contributed by atoms with van der Waals surface area (Å²) in [5, 5.41) is 0. The van der Waals surface area contributed by atoms with Crippen molar-refractivity contribution in [3.63, 3.8) is 0 Å². The third kappa shape index (κ3) is 2.41. The van der Waals surface area contributed by atoms with Gasteiger partial charge in [0.2, 0.25) is 0 Å². The first-order valence-electron chi connectivity index (χ1n) is 3.17. The van der Waals surface area contributed by atoms with Crippen LogP contribution in [0.15, 0.2) is 18.7 Å². The zero-order chi connectivity index (χ0) is 7.23. The number of aromatic nitrogens is 2. The van der Waals surface area contributed by atoms with Crippen LogP contribution in [0, 0.1) is 0 Å². The first-order chi connectivity index (χ1) is 4.93. The summed E-state index contributed by atoms with van der Waals surface area (Å²) >= 11 is 1.81. The second-order valence-corrected chi connectivity index (χ2v) is 2.98. The number of imidazole rings is 1. The second-order valence-electron chi connectivity index (χ2n) is 1.90. The van der Waals surface area contributed by atoms with Crippen LogP contribution >= 0.6 is 11.8 Å². The first kappa shape index (κ1) is 7.63.